The molecule has 0 amide bonds. The van der Waals surface area contributed by atoms with Gasteiger partial charge < -0.3 is 10.6 Å². The van der Waals surface area contributed by atoms with E-state index in [0.29, 0.717) is 6.04 Å². The number of benzene rings is 1. The van der Waals surface area contributed by atoms with Crippen LogP contribution in [0.5, 0.6) is 0 Å². The lowest BCUT2D eigenvalue weighted by atomic mass is 10.2. The van der Waals surface area contributed by atoms with E-state index in [-0.39, 0.29) is 0 Å². The molecule has 0 saturated carbocycles. The summed E-state index contributed by atoms with van der Waals surface area (Å²) in [5.41, 5.74) is 2.18. The normalized spacial score (nSPS) is 11.3. The molecule has 0 unspecified atom stereocenters. The fourth-order valence-corrected chi connectivity index (χ4v) is 2.03. The molecule has 2 aromatic rings. The van der Waals surface area contributed by atoms with Crippen LogP contribution < -0.4 is 10.6 Å². The summed E-state index contributed by atoms with van der Waals surface area (Å²) in [6.45, 7) is 7.27. The van der Waals surface area contributed by atoms with Crippen molar-refractivity contribution in [2.75, 3.05) is 13.1 Å². The minimum Gasteiger partial charge on any atom is -0.314 e. The highest BCUT2D eigenvalue weighted by Crippen LogP contribution is 2.11. The molecule has 1 aromatic heterocycles. The molecule has 0 aliphatic rings. The second-order valence-corrected chi connectivity index (χ2v) is 5.13. The maximum atomic E-state index is 4.64. The van der Waals surface area contributed by atoms with Gasteiger partial charge in [-0.25, -0.2) is 0 Å². The zero-order valence-corrected chi connectivity index (χ0v) is 11.8. The average Bonchev–Trinajstić information content (AvgIpc) is 2.42. The Bertz CT molecular complexity index is 508. The van der Waals surface area contributed by atoms with Gasteiger partial charge in [-0.2, -0.15) is 0 Å². The molecule has 2 N–H and O–H groups in total. The number of nitrogens with zero attached hydrogens (tertiary/aromatic N) is 1. The summed E-state index contributed by atoms with van der Waals surface area (Å²) < 4.78 is 0. The summed E-state index contributed by atoms with van der Waals surface area (Å²) in [7, 11) is 0. The number of nitrogens with one attached hydrogen (secondary N) is 2. The van der Waals surface area contributed by atoms with Crippen molar-refractivity contribution in [3.05, 3.63) is 42.1 Å². The first kappa shape index (κ1) is 14.0. The maximum absolute atomic E-state index is 4.64. The number of para-hydroxylation sites is 1. The first-order valence-corrected chi connectivity index (χ1v) is 7.04. The van der Waals surface area contributed by atoms with Gasteiger partial charge >= 0.3 is 0 Å². The lowest BCUT2D eigenvalue weighted by Gasteiger charge is -2.08. The molecule has 0 fully saturated rings. The van der Waals surface area contributed by atoms with Crippen LogP contribution in [-0.4, -0.2) is 24.1 Å². The van der Waals surface area contributed by atoms with Crippen LogP contribution in [0.4, 0.5) is 0 Å². The second kappa shape index (κ2) is 7.22. The van der Waals surface area contributed by atoms with Crippen LogP contribution in [0.3, 0.4) is 0 Å². The van der Waals surface area contributed by atoms with Gasteiger partial charge in [0.05, 0.1) is 11.2 Å². The van der Waals surface area contributed by atoms with Gasteiger partial charge in [0.15, 0.2) is 0 Å². The molecule has 1 heterocycles. The number of fused-ring (bicyclic) bond motifs is 1. The number of pyridine rings is 1. The second-order valence-electron chi connectivity index (χ2n) is 5.13. The van der Waals surface area contributed by atoms with E-state index < -0.39 is 0 Å². The molecule has 0 saturated heterocycles. The van der Waals surface area contributed by atoms with Crippen molar-refractivity contribution in [3.63, 3.8) is 0 Å². The molecule has 0 atom stereocenters. The maximum Gasteiger partial charge on any atom is 0.0705 e. The van der Waals surface area contributed by atoms with E-state index >= 15 is 0 Å². The fourth-order valence-electron chi connectivity index (χ4n) is 2.03. The average molecular weight is 257 g/mol. The molecule has 0 aliphatic heterocycles. The van der Waals surface area contributed by atoms with Crippen LogP contribution in [0, 0.1) is 0 Å². The van der Waals surface area contributed by atoms with Gasteiger partial charge in [-0.3, -0.25) is 4.98 Å². The van der Waals surface area contributed by atoms with Gasteiger partial charge in [0, 0.05) is 18.0 Å². The number of rotatable bonds is 7. The largest absolute Gasteiger partial charge is 0.314 e. The summed E-state index contributed by atoms with van der Waals surface area (Å²) in [6.07, 6.45) is 1.14. The highest BCUT2D eigenvalue weighted by atomic mass is 14.9. The predicted octanol–water partition coefficient (Wildman–Crippen LogP) is 2.71. The van der Waals surface area contributed by atoms with E-state index in [4.69, 9.17) is 0 Å². The molecule has 1 aromatic carbocycles. The Labute approximate surface area is 115 Å². The number of hydrogen-bond acceptors (Lipinski definition) is 3. The van der Waals surface area contributed by atoms with E-state index in [1.54, 1.807) is 0 Å². The number of hydrogen-bond donors (Lipinski definition) is 2. The van der Waals surface area contributed by atoms with E-state index in [2.05, 4.69) is 53.7 Å². The summed E-state index contributed by atoms with van der Waals surface area (Å²) in [5.74, 6) is 0. The van der Waals surface area contributed by atoms with Crippen LogP contribution in [0.15, 0.2) is 36.4 Å². The topological polar surface area (TPSA) is 37.0 Å². The quantitative estimate of drug-likeness (QED) is 0.749. The molecule has 3 heteroatoms. The molecule has 19 heavy (non-hydrogen) atoms. The van der Waals surface area contributed by atoms with E-state index in [1.807, 2.05) is 12.1 Å². The molecule has 0 bridgehead atoms. The zero-order chi connectivity index (χ0) is 13.5. The molecule has 0 aliphatic carbocycles. The van der Waals surface area contributed by atoms with Crippen LogP contribution in [0.25, 0.3) is 10.9 Å². The Kier molecular flexibility index (Phi) is 5.31. The van der Waals surface area contributed by atoms with Crippen LogP contribution in [0.2, 0.25) is 0 Å². The molecule has 102 valence electrons. The molecule has 0 radical (unpaired) electrons. The Morgan fingerprint density at radius 3 is 2.74 bits per heavy atom. The Balaban J connectivity index is 1.75. The van der Waals surface area contributed by atoms with Gasteiger partial charge in [0.1, 0.15) is 0 Å². The lowest BCUT2D eigenvalue weighted by molar-refractivity contribution is 0.546. The minimum absolute atomic E-state index is 0.571. The smallest absolute Gasteiger partial charge is 0.0705 e. The number of aromatic nitrogens is 1. The van der Waals surface area contributed by atoms with Crippen molar-refractivity contribution in [2.45, 2.75) is 32.9 Å². The summed E-state index contributed by atoms with van der Waals surface area (Å²) in [4.78, 5) is 4.64. The molecular weight excluding hydrogens is 234 g/mol. The van der Waals surface area contributed by atoms with E-state index in [9.17, 15) is 0 Å². The van der Waals surface area contributed by atoms with E-state index in [1.165, 1.54) is 5.39 Å². The van der Waals surface area contributed by atoms with Crippen molar-refractivity contribution >= 4 is 10.9 Å². The van der Waals surface area contributed by atoms with Crippen molar-refractivity contribution in [3.8, 4) is 0 Å². The third-order valence-electron chi connectivity index (χ3n) is 3.05. The highest BCUT2D eigenvalue weighted by molar-refractivity contribution is 5.78. The Hall–Kier alpha value is -1.45. The van der Waals surface area contributed by atoms with E-state index in [0.717, 1.165) is 37.3 Å². The first-order valence-electron chi connectivity index (χ1n) is 7.04. The molecule has 3 nitrogen and oxygen atoms in total. The third-order valence-corrected chi connectivity index (χ3v) is 3.05. The summed E-state index contributed by atoms with van der Waals surface area (Å²) in [5, 5.41) is 8.05. The summed E-state index contributed by atoms with van der Waals surface area (Å²) >= 11 is 0. The van der Waals surface area contributed by atoms with Gasteiger partial charge in [0.25, 0.3) is 0 Å². The Morgan fingerprint density at radius 2 is 1.89 bits per heavy atom. The fraction of sp³-hybridized carbons (Fsp3) is 0.438. The minimum atomic E-state index is 0.571. The van der Waals surface area contributed by atoms with Gasteiger partial charge in [0.2, 0.25) is 0 Å². The SMILES string of the molecule is CC(C)NCCCNCc1ccc2ccccc2n1. The Morgan fingerprint density at radius 1 is 1.05 bits per heavy atom. The van der Waals surface area contributed by atoms with Crippen LogP contribution >= 0.6 is 0 Å². The highest BCUT2D eigenvalue weighted by Gasteiger charge is 1.97. The molecule has 2 rings (SSSR count). The van der Waals surface area contributed by atoms with Gasteiger partial charge in [-0.15, -0.1) is 0 Å². The van der Waals surface area contributed by atoms with Crippen LogP contribution in [-0.2, 0) is 6.54 Å². The predicted molar refractivity (Wildman–Crippen MR) is 81.2 cm³/mol. The van der Waals surface area contributed by atoms with Gasteiger partial charge in [-0.05, 0) is 31.6 Å². The third kappa shape index (κ3) is 4.62. The zero-order valence-electron chi connectivity index (χ0n) is 11.8. The van der Waals surface area contributed by atoms with Crippen molar-refractivity contribution in [2.24, 2.45) is 0 Å². The van der Waals surface area contributed by atoms with Crippen molar-refractivity contribution < 1.29 is 0 Å². The standard InChI is InChI=1S/C16H23N3/c1-13(2)18-11-5-10-17-12-15-9-8-14-6-3-4-7-16(14)19-15/h3-4,6-9,13,17-18H,5,10-12H2,1-2H3. The van der Waals surface area contributed by atoms with Crippen molar-refractivity contribution in [1.29, 1.82) is 0 Å². The van der Waals surface area contributed by atoms with Crippen LogP contribution in [0.1, 0.15) is 26.0 Å². The monoisotopic (exact) mass is 257 g/mol. The molecular formula is C16H23N3. The summed E-state index contributed by atoms with van der Waals surface area (Å²) in [6, 6.07) is 13.0. The molecule has 0 spiro atoms. The van der Waals surface area contributed by atoms with Crippen molar-refractivity contribution in [1.82, 2.24) is 15.6 Å². The first-order chi connectivity index (χ1) is 9.25. The lowest BCUT2D eigenvalue weighted by Crippen LogP contribution is -2.26. The van der Waals surface area contributed by atoms with Gasteiger partial charge in [-0.1, -0.05) is 38.1 Å².